The molecule has 6 nitrogen and oxygen atoms in total. The number of pyridine rings is 1. The minimum Gasteiger partial charge on any atom is -0.363 e. The number of para-hydroxylation sites is 1. The minimum atomic E-state index is -4.46. The normalized spacial score (nSPS) is 23.6. The number of alkyl halides is 3. The highest BCUT2D eigenvalue weighted by Gasteiger charge is 2.60. The number of fused-ring (bicyclic) bond motifs is 4. The molecule has 6 rings (SSSR count). The number of hydrogen-bond donors (Lipinski definition) is 0. The summed E-state index contributed by atoms with van der Waals surface area (Å²) in [6.07, 6.45) is -2.58. The highest BCUT2D eigenvalue weighted by atomic mass is 19.4. The van der Waals surface area contributed by atoms with Crippen molar-refractivity contribution in [3.63, 3.8) is 0 Å². The van der Waals surface area contributed by atoms with Crippen molar-refractivity contribution in [1.82, 2.24) is 4.98 Å². The molecule has 184 valence electrons. The van der Waals surface area contributed by atoms with Crippen LogP contribution in [0.15, 0.2) is 78.0 Å². The van der Waals surface area contributed by atoms with Gasteiger partial charge in [-0.1, -0.05) is 24.3 Å². The molecule has 2 aromatic carbocycles. The number of hydrazone groups is 1. The summed E-state index contributed by atoms with van der Waals surface area (Å²) in [4.78, 5) is 23.0. The average Bonchev–Trinajstić information content (AvgIpc) is 3.14. The van der Waals surface area contributed by atoms with Gasteiger partial charge in [0.1, 0.15) is 11.2 Å². The van der Waals surface area contributed by atoms with Crippen LogP contribution in [0.1, 0.15) is 18.1 Å². The molecule has 3 aromatic rings. The third-order valence-corrected chi connectivity index (χ3v) is 7.58. The van der Waals surface area contributed by atoms with E-state index >= 15 is 0 Å². The molecular weight excluding hydrogens is 467 g/mol. The van der Waals surface area contributed by atoms with Crippen molar-refractivity contribution in [1.29, 1.82) is 0 Å². The predicted molar refractivity (Wildman–Crippen MR) is 132 cm³/mol. The lowest BCUT2D eigenvalue weighted by Gasteiger charge is -2.53. The van der Waals surface area contributed by atoms with Crippen molar-refractivity contribution in [2.75, 3.05) is 34.4 Å². The molecule has 0 aliphatic carbocycles. The predicted octanol–water partition coefficient (Wildman–Crippen LogP) is 4.76. The van der Waals surface area contributed by atoms with Gasteiger partial charge in [0.25, 0.3) is 5.91 Å². The lowest BCUT2D eigenvalue weighted by atomic mass is 9.67. The maximum atomic E-state index is 14.2. The Morgan fingerprint density at radius 3 is 2.50 bits per heavy atom. The van der Waals surface area contributed by atoms with Gasteiger partial charge in [0.2, 0.25) is 0 Å². The zero-order chi connectivity index (χ0) is 25.1. The molecule has 0 bridgehead atoms. The van der Waals surface area contributed by atoms with E-state index in [1.165, 1.54) is 11.1 Å². The maximum absolute atomic E-state index is 14.2. The van der Waals surface area contributed by atoms with Gasteiger partial charge in [0.05, 0.1) is 23.0 Å². The first kappa shape index (κ1) is 22.6. The van der Waals surface area contributed by atoms with Crippen molar-refractivity contribution in [2.24, 2.45) is 10.5 Å². The summed E-state index contributed by atoms with van der Waals surface area (Å²) in [6, 6.07) is 18.4. The molecule has 9 heteroatoms. The van der Waals surface area contributed by atoms with E-state index in [9.17, 15) is 18.0 Å². The summed E-state index contributed by atoms with van der Waals surface area (Å²) in [5.41, 5.74) is 0.709. The lowest BCUT2D eigenvalue weighted by Crippen LogP contribution is -2.67. The number of amides is 1. The van der Waals surface area contributed by atoms with Gasteiger partial charge in [-0.05, 0) is 61.4 Å². The summed E-state index contributed by atoms with van der Waals surface area (Å²) >= 11 is 0. The molecule has 0 radical (unpaired) electrons. The first-order valence-corrected chi connectivity index (χ1v) is 11.9. The molecule has 1 saturated heterocycles. The largest absolute Gasteiger partial charge is 0.416 e. The first-order valence-electron chi connectivity index (χ1n) is 11.9. The number of anilines is 3. The van der Waals surface area contributed by atoms with Crippen LogP contribution < -0.4 is 14.8 Å². The average molecular weight is 492 g/mol. The molecule has 36 heavy (non-hydrogen) atoms. The third kappa shape index (κ3) is 3.37. The van der Waals surface area contributed by atoms with Crippen molar-refractivity contribution < 1.29 is 18.0 Å². The third-order valence-electron chi connectivity index (χ3n) is 7.58. The summed E-state index contributed by atoms with van der Waals surface area (Å²) in [5.74, 6) is 0.595. The van der Waals surface area contributed by atoms with E-state index in [0.29, 0.717) is 36.6 Å². The summed E-state index contributed by atoms with van der Waals surface area (Å²) < 4.78 is 40.8. The van der Waals surface area contributed by atoms with Crippen LogP contribution in [-0.4, -0.2) is 42.3 Å². The van der Waals surface area contributed by atoms with Crippen molar-refractivity contribution in [3.8, 4) is 0 Å². The van der Waals surface area contributed by atoms with Crippen LogP contribution in [0.2, 0.25) is 0 Å². The smallest absolute Gasteiger partial charge is 0.363 e. The van der Waals surface area contributed by atoms with Gasteiger partial charge >= 0.3 is 6.18 Å². The molecule has 4 heterocycles. The summed E-state index contributed by atoms with van der Waals surface area (Å²) in [5, 5.41) is 6.08. The van der Waals surface area contributed by atoms with Crippen molar-refractivity contribution in [2.45, 2.75) is 25.6 Å². The number of carbonyl (C=O) groups is 1. The van der Waals surface area contributed by atoms with Gasteiger partial charge < -0.3 is 9.80 Å². The zero-order valence-corrected chi connectivity index (χ0v) is 19.6. The second-order valence-corrected chi connectivity index (χ2v) is 9.47. The Bertz CT molecular complexity index is 1340. The molecule has 1 aromatic heterocycles. The van der Waals surface area contributed by atoms with Crippen LogP contribution in [0.25, 0.3) is 0 Å². The fraction of sp³-hybridized carbons (Fsp3) is 0.296. The van der Waals surface area contributed by atoms with Crippen LogP contribution in [-0.2, 0) is 17.4 Å². The van der Waals surface area contributed by atoms with Crippen molar-refractivity contribution >= 4 is 28.8 Å². The van der Waals surface area contributed by atoms with Gasteiger partial charge in [0.15, 0.2) is 0 Å². The summed E-state index contributed by atoms with van der Waals surface area (Å²) in [6.45, 7) is 3.50. The maximum Gasteiger partial charge on any atom is 0.416 e. The van der Waals surface area contributed by atoms with E-state index in [2.05, 4.69) is 19.9 Å². The van der Waals surface area contributed by atoms with E-state index in [1.807, 2.05) is 55.5 Å². The zero-order valence-electron chi connectivity index (χ0n) is 19.6. The second-order valence-electron chi connectivity index (χ2n) is 9.47. The number of halogens is 3. The Kier molecular flexibility index (Phi) is 5.07. The number of nitrogens with zero attached hydrogens (tertiary/aromatic N) is 5. The van der Waals surface area contributed by atoms with Gasteiger partial charge in [0, 0.05) is 31.5 Å². The molecule has 0 saturated carbocycles. The lowest BCUT2D eigenvalue weighted by molar-refractivity contribution is -0.137. The quantitative estimate of drug-likeness (QED) is 0.519. The molecule has 0 unspecified atom stereocenters. The molecule has 1 amide bonds. The van der Waals surface area contributed by atoms with Crippen LogP contribution in [0.4, 0.5) is 30.4 Å². The number of hydrogen-bond acceptors (Lipinski definition) is 5. The Balaban J connectivity index is 1.48. The van der Waals surface area contributed by atoms with E-state index in [0.717, 1.165) is 17.6 Å². The van der Waals surface area contributed by atoms with Crippen LogP contribution in [0.3, 0.4) is 0 Å². The summed E-state index contributed by atoms with van der Waals surface area (Å²) in [7, 11) is 0. The Morgan fingerprint density at radius 2 is 1.78 bits per heavy atom. The topological polar surface area (TPSA) is 52.0 Å². The van der Waals surface area contributed by atoms with Gasteiger partial charge in [-0.25, -0.2) is 4.98 Å². The van der Waals surface area contributed by atoms with Gasteiger partial charge in [-0.2, -0.15) is 23.3 Å². The number of rotatable bonds is 2. The fourth-order valence-corrected chi connectivity index (χ4v) is 5.80. The standard InChI is InChI=1S/C27H24F3N5O/c1-18-26(25(36)35(32-18)21-7-3-2-4-8-21)16-19-15-20(27(28,29)30)10-11-22(19)34-14-13-33(17-23(26)34)24-9-5-6-12-31-24/h2-12,15,23H,13-14,16-17H2,1H3/t23-,26+/m1/s1. The SMILES string of the molecule is CC1=NN(c2ccccc2)C(=O)[C@@]12Cc1cc(C(F)(F)F)ccc1N1CCN(c3ccccn3)C[C@@H]12. The second kappa shape index (κ2) is 8.08. The molecule has 2 atom stereocenters. The fourth-order valence-electron chi connectivity index (χ4n) is 5.80. The van der Waals surface area contributed by atoms with Crippen LogP contribution in [0.5, 0.6) is 0 Å². The molecular formula is C27H24F3N5O. The molecule has 0 N–H and O–H groups in total. The first-order chi connectivity index (χ1) is 17.3. The van der Waals surface area contributed by atoms with E-state index < -0.39 is 17.2 Å². The van der Waals surface area contributed by atoms with Gasteiger partial charge in [-0.15, -0.1) is 0 Å². The highest BCUT2D eigenvalue weighted by molar-refractivity contribution is 6.20. The van der Waals surface area contributed by atoms with Crippen LogP contribution in [0, 0.1) is 5.41 Å². The molecule has 3 aliphatic heterocycles. The molecule has 1 fully saturated rings. The van der Waals surface area contributed by atoms with Crippen LogP contribution >= 0.6 is 0 Å². The molecule has 1 spiro atoms. The number of benzene rings is 2. The monoisotopic (exact) mass is 491 g/mol. The Labute approximate surface area is 206 Å². The van der Waals surface area contributed by atoms with E-state index in [1.54, 1.807) is 12.3 Å². The highest BCUT2D eigenvalue weighted by Crippen LogP contribution is 2.49. The Hall–Kier alpha value is -3.88. The number of carbonyl (C=O) groups excluding carboxylic acids is 1. The number of piperazine rings is 1. The van der Waals surface area contributed by atoms with E-state index in [4.69, 9.17) is 0 Å². The Morgan fingerprint density at radius 1 is 1.00 bits per heavy atom. The molecule has 3 aliphatic rings. The number of aromatic nitrogens is 1. The van der Waals surface area contributed by atoms with Gasteiger partial charge in [-0.3, -0.25) is 4.79 Å². The van der Waals surface area contributed by atoms with E-state index in [-0.39, 0.29) is 18.4 Å². The minimum absolute atomic E-state index is 0.154. The van der Waals surface area contributed by atoms with Crippen molar-refractivity contribution in [3.05, 3.63) is 84.1 Å².